The molecule has 1 fully saturated rings. The number of primary amides is 1. The van der Waals surface area contributed by atoms with Gasteiger partial charge in [0.25, 0.3) is 5.91 Å². The number of aromatic nitrogens is 2. The zero-order chi connectivity index (χ0) is 12.5. The van der Waals surface area contributed by atoms with Crippen molar-refractivity contribution in [1.29, 1.82) is 0 Å². The molecule has 1 amide bonds. The van der Waals surface area contributed by atoms with Gasteiger partial charge < -0.3 is 10.5 Å². The van der Waals surface area contributed by atoms with Crippen LogP contribution in [0.25, 0.3) is 10.2 Å². The molecule has 0 saturated carbocycles. The average Bonchev–Trinajstić information content (AvgIpc) is 2.98. The van der Waals surface area contributed by atoms with Crippen molar-refractivity contribution in [3.8, 4) is 0 Å². The molecule has 0 aromatic carbocycles. The van der Waals surface area contributed by atoms with Crippen molar-refractivity contribution in [3.05, 3.63) is 23.0 Å². The van der Waals surface area contributed by atoms with Crippen molar-refractivity contribution in [3.63, 3.8) is 0 Å². The van der Waals surface area contributed by atoms with E-state index in [-0.39, 0.29) is 0 Å². The van der Waals surface area contributed by atoms with E-state index in [2.05, 4.69) is 9.97 Å². The quantitative estimate of drug-likeness (QED) is 0.907. The number of nitrogens with two attached hydrogens (primary N) is 1. The molecule has 3 rings (SSSR count). The highest BCUT2D eigenvalue weighted by atomic mass is 32.1. The molecule has 2 aromatic heterocycles. The summed E-state index contributed by atoms with van der Waals surface area (Å²) in [5.74, 6) is 0.640. The van der Waals surface area contributed by atoms with Gasteiger partial charge in [0.2, 0.25) is 0 Å². The second kappa shape index (κ2) is 4.62. The van der Waals surface area contributed by atoms with Gasteiger partial charge in [-0.2, -0.15) is 0 Å². The summed E-state index contributed by atoms with van der Waals surface area (Å²) in [5.41, 5.74) is 6.51. The van der Waals surface area contributed by atoms with Crippen LogP contribution in [0.3, 0.4) is 0 Å². The Morgan fingerprint density at radius 1 is 1.56 bits per heavy atom. The van der Waals surface area contributed by atoms with Crippen LogP contribution in [0.4, 0.5) is 0 Å². The van der Waals surface area contributed by atoms with Crippen molar-refractivity contribution in [2.75, 3.05) is 13.2 Å². The third-order valence-corrected chi connectivity index (χ3v) is 3.99. The highest BCUT2D eigenvalue weighted by Gasteiger charge is 2.20. The summed E-state index contributed by atoms with van der Waals surface area (Å²) in [5, 5.41) is 1.90. The molecule has 5 nitrogen and oxygen atoms in total. The lowest BCUT2D eigenvalue weighted by molar-refractivity contribution is 0.0997. The van der Waals surface area contributed by atoms with Crippen LogP contribution in [0.15, 0.2) is 11.4 Å². The predicted octanol–water partition coefficient (Wildman–Crippen LogP) is 1.37. The van der Waals surface area contributed by atoms with Gasteiger partial charge in [0.15, 0.2) is 0 Å². The van der Waals surface area contributed by atoms with Gasteiger partial charge in [0, 0.05) is 19.6 Å². The number of rotatable bonds is 3. The molecule has 6 heteroatoms. The largest absolute Gasteiger partial charge is 0.381 e. The minimum Gasteiger partial charge on any atom is -0.381 e. The highest BCUT2D eigenvalue weighted by molar-refractivity contribution is 7.17. The van der Waals surface area contributed by atoms with E-state index < -0.39 is 5.91 Å². The Morgan fingerprint density at radius 3 is 3.17 bits per heavy atom. The molecule has 0 spiro atoms. The number of carbonyl (C=O) groups is 1. The summed E-state index contributed by atoms with van der Waals surface area (Å²) < 4.78 is 6.11. The van der Waals surface area contributed by atoms with Gasteiger partial charge in [-0.05, 0) is 23.8 Å². The lowest BCUT2D eigenvalue weighted by Crippen LogP contribution is -2.16. The fourth-order valence-electron chi connectivity index (χ4n) is 2.17. The fraction of sp³-hybridized carbons (Fsp3) is 0.417. The second-order valence-electron chi connectivity index (χ2n) is 4.42. The molecule has 1 atom stereocenters. The first-order valence-corrected chi connectivity index (χ1v) is 6.73. The smallest absolute Gasteiger partial charge is 0.268 e. The van der Waals surface area contributed by atoms with Crippen LogP contribution < -0.4 is 5.73 Å². The number of carbonyl (C=O) groups excluding carboxylic acids is 1. The first-order valence-electron chi connectivity index (χ1n) is 5.85. The van der Waals surface area contributed by atoms with E-state index in [0.29, 0.717) is 17.4 Å². The Labute approximate surface area is 108 Å². The van der Waals surface area contributed by atoms with Crippen molar-refractivity contribution < 1.29 is 9.53 Å². The van der Waals surface area contributed by atoms with Gasteiger partial charge in [0.05, 0.1) is 10.2 Å². The van der Waals surface area contributed by atoms with Crippen LogP contribution in [-0.4, -0.2) is 29.1 Å². The van der Waals surface area contributed by atoms with E-state index in [4.69, 9.17) is 10.5 Å². The molecule has 0 bridgehead atoms. The van der Waals surface area contributed by atoms with Gasteiger partial charge in [-0.3, -0.25) is 4.79 Å². The van der Waals surface area contributed by atoms with Crippen LogP contribution >= 0.6 is 11.3 Å². The summed E-state index contributed by atoms with van der Waals surface area (Å²) in [6.45, 7) is 1.55. The molecule has 18 heavy (non-hydrogen) atoms. The molecule has 0 unspecified atom stereocenters. The summed E-state index contributed by atoms with van der Waals surface area (Å²) in [7, 11) is 0. The molecule has 0 aliphatic carbocycles. The summed E-state index contributed by atoms with van der Waals surface area (Å²) in [6.07, 6.45) is 1.77. The SMILES string of the molecule is NC(=O)c1nc(C[C@@H]2CCOC2)nc2ccsc12. The third kappa shape index (κ3) is 2.09. The van der Waals surface area contributed by atoms with Gasteiger partial charge in [0.1, 0.15) is 11.5 Å². The summed E-state index contributed by atoms with van der Waals surface area (Å²) >= 11 is 1.44. The van der Waals surface area contributed by atoms with Gasteiger partial charge >= 0.3 is 0 Å². The minimum absolute atomic E-state index is 0.337. The van der Waals surface area contributed by atoms with Crippen LogP contribution in [0.5, 0.6) is 0 Å². The summed E-state index contributed by atoms with van der Waals surface area (Å²) in [4.78, 5) is 20.2. The van der Waals surface area contributed by atoms with Crippen molar-refractivity contribution in [2.24, 2.45) is 11.7 Å². The molecule has 1 saturated heterocycles. The molecular formula is C12H13N3O2S. The Morgan fingerprint density at radius 2 is 2.44 bits per heavy atom. The average molecular weight is 263 g/mol. The van der Waals surface area contributed by atoms with E-state index >= 15 is 0 Å². The minimum atomic E-state index is -0.492. The van der Waals surface area contributed by atoms with Crippen LogP contribution in [0.2, 0.25) is 0 Å². The van der Waals surface area contributed by atoms with E-state index in [1.54, 1.807) is 0 Å². The number of ether oxygens (including phenoxy) is 1. The molecular weight excluding hydrogens is 250 g/mol. The zero-order valence-electron chi connectivity index (χ0n) is 9.76. The standard InChI is InChI=1S/C12H13N3O2S/c13-12(16)10-11-8(2-4-18-11)14-9(15-10)5-7-1-3-17-6-7/h2,4,7H,1,3,5-6H2,(H2,13,16)/t7-/m0/s1. The number of fused-ring (bicyclic) bond motifs is 1. The second-order valence-corrected chi connectivity index (χ2v) is 5.34. The first kappa shape index (κ1) is 11.6. The molecule has 0 radical (unpaired) electrons. The third-order valence-electron chi connectivity index (χ3n) is 3.08. The van der Waals surface area contributed by atoms with Gasteiger partial charge in [-0.15, -0.1) is 11.3 Å². The first-order chi connectivity index (χ1) is 8.74. The Balaban J connectivity index is 1.98. The number of nitrogens with zero attached hydrogens (tertiary/aromatic N) is 2. The van der Waals surface area contributed by atoms with Crippen molar-refractivity contribution >= 4 is 27.5 Å². The molecule has 3 heterocycles. The number of thiophene rings is 1. The Bertz CT molecular complexity index is 590. The number of amides is 1. The van der Waals surface area contributed by atoms with Gasteiger partial charge in [-0.1, -0.05) is 0 Å². The maximum atomic E-state index is 11.4. The highest BCUT2D eigenvalue weighted by Crippen LogP contribution is 2.24. The molecule has 2 aromatic rings. The fourth-order valence-corrected chi connectivity index (χ4v) is 3.00. The van der Waals surface area contributed by atoms with E-state index in [0.717, 1.165) is 36.3 Å². The van der Waals surface area contributed by atoms with Crippen LogP contribution in [-0.2, 0) is 11.2 Å². The predicted molar refractivity (Wildman–Crippen MR) is 68.6 cm³/mol. The van der Waals surface area contributed by atoms with Crippen molar-refractivity contribution in [1.82, 2.24) is 9.97 Å². The zero-order valence-corrected chi connectivity index (χ0v) is 10.6. The van der Waals surface area contributed by atoms with E-state index in [9.17, 15) is 4.79 Å². The lowest BCUT2D eigenvalue weighted by Gasteiger charge is -2.07. The monoisotopic (exact) mass is 263 g/mol. The molecule has 2 N–H and O–H groups in total. The Kier molecular flexibility index (Phi) is 2.97. The van der Waals surface area contributed by atoms with E-state index in [1.807, 2.05) is 11.4 Å². The maximum absolute atomic E-state index is 11.4. The topological polar surface area (TPSA) is 78.1 Å². The lowest BCUT2D eigenvalue weighted by atomic mass is 10.0. The number of hydrogen-bond acceptors (Lipinski definition) is 5. The van der Waals surface area contributed by atoms with Crippen LogP contribution in [0, 0.1) is 5.92 Å². The van der Waals surface area contributed by atoms with Gasteiger partial charge in [-0.25, -0.2) is 9.97 Å². The molecule has 1 aliphatic heterocycles. The Hall–Kier alpha value is -1.53. The van der Waals surface area contributed by atoms with Crippen LogP contribution in [0.1, 0.15) is 22.7 Å². The molecule has 1 aliphatic rings. The summed E-state index contributed by atoms with van der Waals surface area (Å²) in [6, 6.07) is 1.89. The van der Waals surface area contributed by atoms with Crippen molar-refractivity contribution in [2.45, 2.75) is 12.8 Å². The normalized spacial score (nSPS) is 19.4. The number of hydrogen-bond donors (Lipinski definition) is 1. The van der Waals surface area contributed by atoms with E-state index in [1.165, 1.54) is 11.3 Å². The maximum Gasteiger partial charge on any atom is 0.268 e. The molecule has 94 valence electrons.